The minimum atomic E-state index is -0.594. The predicted octanol–water partition coefficient (Wildman–Crippen LogP) is 3.28. The summed E-state index contributed by atoms with van der Waals surface area (Å²) in [6.45, 7) is 9.40. The Morgan fingerprint density at radius 3 is 2.72 bits per heavy atom. The number of nitrogens with one attached hydrogen (secondary N) is 1. The van der Waals surface area contributed by atoms with E-state index in [4.69, 9.17) is 9.15 Å². The Balaban J connectivity index is 1.80. The Kier molecular flexibility index (Phi) is 4.69. The molecule has 3 rings (SSSR count). The largest absolute Gasteiger partial charge is 0.422 e. The second-order valence-electron chi connectivity index (χ2n) is 7.80. The highest BCUT2D eigenvalue weighted by Gasteiger charge is 2.37. The third-order valence-electron chi connectivity index (χ3n) is 4.89. The molecule has 1 aromatic heterocycles. The average Bonchev–Trinajstić information content (AvgIpc) is 3.02. The van der Waals surface area contributed by atoms with E-state index in [1.54, 1.807) is 19.1 Å². The number of carbonyl (C=O) groups is 1. The molecule has 2 heterocycles. The fourth-order valence-electron chi connectivity index (χ4n) is 3.68. The van der Waals surface area contributed by atoms with Crippen molar-refractivity contribution in [2.75, 3.05) is 13.2 Å². The van der Waals surface area contributed by atoms with Crippen molar-refractivity contribution < 1.29 is 13.9 Å². The minimum absolute atomic E-state index is 0.0176. The topological polar surface area (TPSA) is 68.5 Å². The Labute approximate surface area is 147 Å². The minimum Gasteiger partial charge on any atom is -0.422 e. The van der Waals surface area contributed by atoms with Gasteiger partial charge in [-0.25, -0.2) is 4.79 Å². The molecule has 1 N–H and O–H groups in total. The highest BCUT2D eigenvalue weighted by Crippen LogP contribution is 2.34. The van der Waals surface area contributed by atoms with E-state index in [1.165, 1.54) is 0 Å². The first-order chi connectivity index (χ1) is 11.8. The van der Waals surface area contributed by atoms with Crippen LogP contribution in [0.15, 0.2) is 33.5 Å². The lowest BCUT2D eigenvalue weighted by Crippen LogP contribution is -2.39. The van der Waals surface area contributed by atoms with Gasteiger partial charge in [0.2, 0.25) is 0 Å². The quantitative estimate of drug-likeness (QED) is 0.869. The van der Waals surface area contributed by atoms with Crippen LogP contribution in [0.1, 0.15) is 43.1 Å². The lowest BCUT2D eigenvalue weighted by molar-refractivity contribution is 0.00736. The third kappa shape index (κ3) is 3.47. The zero-order valence-electron chi connectivity index (χ0n) is 15.2. The monoisotopic (exact) mass is 343 g/mol. The molecule has 1 aromatic carbocycles. The lowest BCUT2D eigenvalue weighted by atomic mass is 9.81. The summed E-state index contributed by atoms with van der Waals surface area (Å²) >= 11 is 0. The molecule has 1 amide bonds. The molecule has 2 atom stereocenters. The van der Waals surface area contributed by atoms with Crippen LogP contribution in [0.5, 0.6) is 0 Å². The van der Waals surface area contributed by atoms with Crippen molar-refractivity contribution in [3.8, 4) is 0 Å². The third-order valence-corrected chi connectivity index (χ3v) is 4.89. The van der Waals surface area contributed by atoms with Crippen LogP contribution in [0, 0.1) is 18.3 Å². The van der Waals surface area contributed by atoms with Gasteiger partial charge in [-0.3, -0.25) is 4.79 Å². The number of carbonyl (C=O) groups excluding carboxylic acids is 1. The van der Waals surface area contributed by atoms with Crippen LogP contribution >= 0.6 is 0 Å². The molecule has 0 unspecified atom stereocenters. The van der Waals surface area contributed by atoms with Crippen molar-refractivity contribution >= 4 is 16.9 Å². The fourth-order valence-corrected chi connectivity index (χ4v) is 3.68. The lowest BCUT2D eigenvalue weighted by Gasteiger charge is -2.31. The van der Waals surface area contributed by atoms with E-state index >= 15 is 0 Å². The number of para-hydroxylation sites is 1. The van der Waals surface area contributed by atoms with E-state index in [2.05, 4.69) is 26.1 Å². The summed E-state index contributed by atoms with van der Waals surface area (Å²) in [4.78, 5) is 24.9. The summed E-state index contributed by atoms with van der Waals surface area (Å²) in [6.07, 6.45) is 1.01. The number of rotatable bonds is 3. The molecule has 134 valence electrons. The van der Waals surface area contributed by atoms with Gasteiger partial charge in [0.15, 0.2) is 0 Å². The Morgan fingerprint density at radius 1 is 1.28 bits per heavy atom. The van der Waals surface area contributed by atoms with Crippen molar-refractivity contribution in [2.24, 2.45) is 11.3 Å². The van der Waals surface area contributed by atoms with Crippen LogP contribution < -0.4 is 10.9 Å². The van der Waals surface area contributed by atoms with Crippen LogP contribution in [0.2, 0.25) is 0 Å². The van der Waals surface area contributed by atoms with Crippen molar-refractivity contribution in [2.45, 2.75) is 40.2 Å². The molecular weight excluding hydrogens is 318 g/mol. The maximum absolute atomic E-state index is 12.6. The van der Waals surface area contributed by atoms with Crippen LogP contribution in [0.4, 0.5) is 0 Å². The molecule has 0 radical (unpaired) electrons. The Hall–Kier alpha value is -2.14. The molecule has 1 aliphatic heterocycles. The first-order valence-electron chi connectivity index (χ1n) is 8.71. The molecular formula is C20H25NO4. The van der Waals surface area contributed by atoms with Gasteiger partial charge in [-0.2, -0.15) is 0 Å². The first kappa shape index (κ1) is 17.7. The number of amides is 1. The molecule has 0 aliphatic carbocycles. The van der Waals surface area contributed by atoms with Gasteiger partial charge >= 0.3 is 5.63 Å². The maximum Gasteiger partial charge on any atom is 0.349 e. The van der Waals surface area contributed by atoms with Crippen molar-refractivity contribution in [1.29, 1.82) is 0 Å². The maximum atomic E-state index is 12.6. The van der Waals surface area contributed by atoms with E-state index in [0.29, 0.717) is 24.3 Å². The van der Waals surface area contributed by atoms with E-state index in [0.717, 1.165) is 11.8 Å². The van der Waals surface area contributed by atoms with E-state index in [1.807, 2.05) is 12.1 Å². The number of benzene rings is 1. The molecule has 2 aromatic rings. The Morgan fingerprint density at radius 2 is 2.00 bits per heavy atom. The van der Waals surface area contributed by atoms with Gasteiger partial charge in [0, 0.05) is 24.5 Å². The molecule has 1 fully saturated rings. The zero-order chi connectivity index (χ0) is 18.2. The molecule has 0 spiro atoms. The first-order valence-corrected chi connectivity index (χ1v) is 8.71. The van der Waals surface area contributed by atoms with Crippen molar-refractivity contribution in [3.63, 3.8) is 0 Å². The summed E-state index contributed by atoms with van der Waals surface area (Å²) in [5.74, 6) is -0.131. The summed E-state index contributed by atoms with van der Waals surface area (Å²) in [6, 6.07) is 7.25. The van der Waals surface area contributed by atoms with Gasteiger partial charge in [-0.05, 0) is 30.4 Å². The summed E-state index contributed by atoms with van der Waals surface area (Å²) in [5.41, 5.74) is 0.663. The molecule has 1 aliphatic rings. The standard InChI is InChI=1S/C20H25NO4/c1-12-14-7-5-6-8-15(14)25-19(23)16(12)18(22)21-11-13-9-10-24-17(13)20(2,3)4/h5-8,13,17H,9-11H2,1-4H3,(H,21,22)/t13-,17-/m0/s1. The molecule has 0 saturated carbocycles. The fraction of sp³-hybridized carbons (Fsp3) is 0.500. The Bertz CT molecular complexity index is 847. The normalized spacial score (nSPS) is 20.8. The van der Waals surface area contributed by atoms with Crippen molar-refractivity contribution in [3.05, 3.63) is 45.8 Å². The van der Waals surface area contributed by atoms with Crippen molar-refractivity contribution in [1.82, 2.24) is 5.32 Å². The number of aryl methyl sites for hydroxylation is 1. The van der Waals surface area contributed by atoms with E-state index in [-0.39, 0.29) is 28.9 Å². The molecule has 1 saturated heterocycles. The highest BCUT2D eigenvalue weighted by atomic mass is 16.5. The molecule has 0 bridgehead atoms. The number of ether oxygens (including phenoxy) is 1. The van der Waals surface area contributed by atoms with Gasteiger partial charge in [0.25, 0.3) is 5.91 Å². The summed E-state index contributed by atoms with van der Waals surface area (Å²) < 4.78 is 11.1. The van der Waals surface area contributed by atoms with Gasteiger partial charge in [-0.15, -0.1) is 0 Å². The van der Waals surface area contributed by atoms with Crippen LogP contribution in [0.25, 0.3) is 11.0 Å². The SMILES string of the molecule is Cc1c(C(=O)NC[C@@H]2CCO[C@@H]2C(C)(C)C)c(=O)oc2ccccc12. The van der Waals surface area contributed by atoms with Gasteiger partial charge < -0.3 is 14.5 Å². The van der Waals surface area contributed by atoms with E-state index in [9.17, 15) is 9.59 Å². The summed E-state index contributed by atoms with van der Waals surface area (Å²) in [5, 5.41) is 3.69. The summed E-state index contributed by atoms with van der Waals surface area (Å²) in [7, 11) is 0. The number of hydrogen-bond donors (Lipinski definition) is 1. The van der Waals surface area contributed by atoms with Crippen LogP contribution in [-0.2, 0) is 4.74 Å². The smallest absolute Gasteiger partial charge is 0.349 e. The predicted molar refractivity (Wildman–Crippen MR) is 96.9 cm³/mol. The van der Waals surface area contributed by atoms with Gasteiger partial charge in [0.05, 0.1) is 6.10 Å². The van der Waals surface area contributed by atoms with E-state index < -0.39 is 5.63 Å². The zero-order valence-corrected chi connectivity index (χ0v) is 15.2. The van der Waals surface area contributed by atoms with Gasteiger partial charge in [0.1, 0.15) is 11.1 Å². The van der Waals surface area contributed by atoms with Gasteiger partial charge in [-0.1, -0.05) is 39.0 Å². The number of hydrogen-bond acceptors (Lipinski definition) is 4. The molecule has 5 heteroatoms. The molecule has 25 heavy (non-hydrogen) atoms. The molecule has 5 nitrogen and oxygen atoms in total. The van der Waals surface area contributed by atoms with Crippen LogP contribution in [-0.4, -0.2) is 25.2 Å². The average molecular weight is 343 g/mol. The number of fused-ring (bicyclic) bond motifs is 1. The second-order valence-corrected chi connectivity index (χ2v) is 7.80. The van der Waals surface area contributed by atoms with Crippen LogP contribution in [0.3, 0.4) is 0 Å². The highest BCUT2D eigenvalue weighted by molar-refractivity contribution is 5.99. The second kappa shape index (κ2) is 6.64.